The van der Waals surface area contributed by atoms with Gasteiger partial charge in [-0.1, -0.05) is 109 Å². The van der Waals surface area contributed by atoms with E-state index >= 15 is 0 Å². The van der Waals surface area contributed by atoms with Crippen molar-refractivity contribution in [3.05, 3.63) is 205 Å². The van der Waals surface area contributed by atoms with Crippen molar-refractivity contribution in [3.8, 4) is 45.3 Å². The van der Waals surface area contributed by atoms with E-state index in [0.29, 0.717) is 0 Å². The topological polar surface area (TPSA) is 76.3 Å². The Morgan fingerprint density at radius 2 is 0.635 bits per heavy atom. The number of rotatable bonds is 6. The molecule has 1 aliphatic rings. The third kappa shape index (κ3) is 6.10. The molecular weight excluding hydrogens is 637 g/mol. The molecule has 244 valence electrons. The minimum absolute atomic E-state index is 0.840. The molecule has 0 spiro atoms. The van der Waals surface area contributed by atoms with Crippen LogP contribution in [-0.4, -0.2) is 31.4 Å². The molecule has 0 amide bonds. The normalized spacial score (nSPS) is 14.1. The fourth-order valence-corrected chi connectivity index (χ4v) is 6.45. The van der Waals surface area contributed by atoms with Crippen LogP contribution in [0, 0.1) is 0 Å². The summed E-state index contributed by atoms with van der Waals surface area (Å²) in [5.74, 6) is 0. The average molecular weight is 667 g/mol. The van der Waals surface area contributed by atoms with Gasteiger partial charge < -0.3 is 0 Å². The maximum absolute atomic E-state index is 5.34. The predicted molar refractivity (Wildman–Crippen MR) is 209 cm³/mol. The lowest BCUT2D eigenvalue weighted by Gasteiger charge is -2.18. The predicted octanol–water partition coefficient (Wildman–Crippen LogP) is 10.6. The second-order valence-electron chi connectivity index (χ2n) is 12.4. The van der Waals surface area contributed by atoms with E-state index in [4.69, 9.17) is 20.0 Å². The molecule has 5 heterocycles. The van der Waals surface area contributed by atoms with Gasteiger partial charge in [-0.15, -0.1) is 0 Å². The summed E-state index contributed by atoms with van der Waals surface area (Å²) in [5, 5.41) is 0. The van der Waals surface area contributed by atoms with Crippen molar-refractivity contribution in [1.82, 2.24) is 19.9 Å². The zero-order chi connectivity index (χ0) is 34.7. The lowest BCUT2D eigenvalue weighted by molar-refractivity contribution is 1.25. The molecule has 0 aliphatic carbocycles. The van der Waals surface area contributed by atoms with Crippen LogP contribution in [0.5, 0.6) is 0 Å². The van der Waals surface area contributed by atoms with Crippen LogP contribution in [0.15, 0.2) is 192 Å². The van der Waals surface area contributed by atoms with Crippen molar-refractivity contribution < 1.29 is 0 Å². The highest BCUT2D eigenvalue weighted by Crippen LogP contribution is 2.34. The zero-order valence-corrected chi connectivity index (χ0v) is 28.0. The SMILES string of the molecule is c1ccc(-c2cccc(-c3ccc(/C4=N/c5ccccc5/C(c5ccc(-c6cccc(-c7ccccn7)n6)cc5)=N\c5ccccc54)cc3)n2)nc1. The molecule has 0 atom stereocenters. The van der Waals surface area contributed by atoms with Gasteiger partial charge in [0.1, 0.15) is 0 Å². The molecule has 1 aliphatic heterocycles. The number of aromatic nitrogens is 4. The monoisotopic (exact) mass is 666 g/mol. The third-order valence-corrected chi connectivity index (χ3v) is 9.04. The van der Waals surface area contributed by atoms with Crippen molar-refractivity contribution >= 4 is 22.8 Å². The van der Waals surface area contributed by atoms with Gasteiger partial charge in [0.25, 0.3) is 0 Å². The number of pyridine rings is 4. The maximum atomic E-state index is 5.34. The highest BCUT2D eigenvalue weighted by molar-refractivity contribution is 6.22. The van der Waals surface area contributed by atoms with Gasteiger partial charge >= 0.3 is 0 Å². The summed E-state index contributed by atoms with van der Waals surface area (Å²) in [6.45, 7) is 0. The van der Waals surface area contributed by atoms with Crippen LogP contribution in [0.4, 0.5) is 11.4 Å². The number of benzene rings is 4. The fraction of sp³-hybridized carbons (Fsp3) is 0. The molecule has 6 nitrogen and oxygen atoms in total. The quantitative estimate of drug-likeness (QED) is 0.177. The first kappa shape index (κ1) is 30.8. The Morgan fingerprint density at radius 1 is 0.269 bits per heavy atom. The summed E-state index contributed by atoms with van der Waals surface area (Å²) in [6, 6.07) is 57.1. The summed E-state index contributed by atoms with van der Waals surface area (Å²) in [5.41, 5.74) is 14.5. The Hall–Kier alpha value is -7.18. The molecule has 0 fully saturated rings. The van der Waals surface area contributed by atoms with Gasteiger partial charge in [-0.2, -0.15) is 0 Å². The van der Waals surface area contributed by atoms with Crippen LogP contribution in [0.25, 0.3) is 45.3 Å². The van der Waals surface area contributed by atoms with Gasteiger partial charge in [0, 0.05) is 45.8 Å². The van der Waals surface area contributed by atoms with Crippen molar-refractivity contribution in [1.29, 1.82) is 0 Å². The highest BCUT2D eigenvalue weighted by Gasteiger charge is 2.20. The summed E-state index contributed by atoms with van der Waals surface area (Å²) >= 11 is 0. The largest absolute Gasteiger partial charge is 0.255 e. The van der Waals surface area contributed by atoms with Crippen LogP contribution in [0.1, 0.15) is 22.3 Å². The van der Waals surface area contributed by atoms with Gasteiger partial charge in [-0.25, -0.2) is 20.0 Å². The average Bonchev–Trinajstić information content (AvgIpc) is 3.22. The van der Waals surface area contributed by atoms with E-state index in [1.807, 2.05) is 97.1 Å². The Balaban J connectivity index is 1.07. The molecule has 8 aromatic rings. The molecule has 0 radical (unpaired) electrons. The van der Waals surface area contributed by atoms with Crippen molar-refractivity contribution in [2.24, 2.45) is 9.98 Å². The minimum atomic E-state index is 0.840. The molecule has 0 N–H and O–H groups in total. The number of aliphatic imine (C=N–C) groups is 2. The Bertz CT molecular complexity index is 2410. The van der Waals surface area contributed by atoms with E-state index < -0.39 is 0 Å². The number of fused-ring (bicyclic) bond motifs is 2. The molecule has 6 heteroatoms. The number of nitrogens with zero attached hydrogens (tertiary/aromatic N) is 6. The summed E-state index contributed by atoms with van der Waals surface area (Å²) in [4.78, 5) is 29.5. The first-order chi connectivity index (χ1) is 25.8. The van der Waals surface area contributed by atoms with Crippen molar-refractivity contribution in [3.63, 3.8) is 0 Å². The third-order valence-electron chi connectivity index (χ3n) is 9.04. The zero-order valence-electron chi connectivity index (χ0n) is 28.0. The Labute approximate surface area is 301 Å². The second kappa shape index (κ2) is 13.6. The molecule has 4 aromatic carbocycles. The molecular formula is C46H30N6. The van der Waals surface area contributed by atoms with Gasteiger partial charge in [0.05, 0.1) is 57.0 Å². The molecule has 4 aromatic heterocycles. The van der Waals surface area contributed by atoms with E-state index in [2.05, 4.69) is 82.8 Å². The van der Waals surface area contributed by atoms with E-state index in [1.54, 1.807) is 12.4 Å². The maximum Gasteiger partial charge on any atom is 0.0893 e. The van der Waals surface area contributed by atoms with Crippen molar-refractivity contribution in [2.75, 3.05) is 0 Å². The number of hydrogen-bond acceptors (Lipinski definition) is 6. The molecule has 0 saturated heterocycles. The Kier molecular flexibility index (Phi) is 8.08. The molecule has 0 bridgehead atoms. The van der Waals surface area contributed by atoms with E-state index in [0.717, 1.165) is 90.3 Å². The van der Waals surface area contributed by atoms with Crippen LogP contribution < -0.4 is 0 Å². The molecule has 0 unspecified atom stereocenters. The molecule has 52 heavy (non-hydrogen) atoms. The van der Waals surface area contributed by atoms with Gasteiger partial charge in [-0.05, 0) is 60.7 Å². The van der Waals surface area contributed by atoms with E-state index in [9.17, 15) is 0 Å². The summed E-state index contributed by atoms with van der Waals surface area (Å²) < 4.78 is 0. The lowest BCUT2D eigenvalue weighted by atomic mass is 9.95. The fourth-order valence-electron chi connectivity index (χ4n) is 6.45. The van der Waals surface area contributed by atoms with Crippen molar-refractivity contribution in [2.45, 2.75) is 0 Å². The smallest absolute Gasteiger partial charge is 0.0893 e. The first-order valence-corrected chi connectivity index (χ1v) is 17.1. The number of hydrogen-bond donors (Lipinski definition) is 0. The van der Waals surface area contributed by atoms with Gasteiger partial charge in [0.15, 0.2) is 0 Å². The van der Waals surface area contributed by atoms with E-state index in [-0.39, 0.29) is 0 Å². The van der Waals surface area contributed by atoms with Crippen LogP contribution in [0.2, 0.25) is 0 Å². The second-order valence-corrected chi connectivity index (χ2v) is 12.4. The summed E-state index contributed by atoms with van der Waals surface area (Å²) in [6.07, 6.45) is 3.58. The van der Waals surface area contributed by atoms with Crippen LogP contribution >= 0.6 is 0 Å². The highest BCUT2D eigenvalue weighted by atomic mass is 14.8. The van der Waals surface area contributed by atoms with E-state index in [1.165, 1.54) is 0 Å². The standard InChI is InChI=1S/C46H30N6/c1-3-13-39-35(11-1)45(33-25-21-31(22-26-33)37-17-9-19-43(49-37)41-15-5-7-29-47-41)52-40-14-4-2-12-36(40)46(51-39)34-27-23-32(24-28-34)38-18-10-20-44(50-38)42-16-6-8-30-48-42/h1-30H/b45-35?,46-36?,51-39?,51-46-,52-40?,52-45-. The minimum Gasteiger partial charge on any atom is -0.255 e. The molecule has 9 rings (SSSR count). The van der Waals surface area contributed by atoms with Crippen LogP contribution in [0.3, 0.4) is 0 Å². The Morgan fingerprint density at radius 3 is 1.06 bits per heavy atom. The lowest BCUT2D eigenvalue weighted by Crippen LogP contribution is -2.10. The van der Waals surface area contributed by atoms with Gasteiger partial charge in [-0.3, -0.25) is 9.97 Å². The van der Waals surface area contributed by atoms with Crippen LogP contribution in [-0.2, 0) is 0 Å². The summed E-state index contributed by atoms with van der Waals surface area (Å²) in [7, 11) is 0. The molecule has 0 saturated carbocycles. The van der Waals surface area contributed by atoms with Gasteiger partial charge in [0.2, 0.25) is 0 Å². The number of para-hydroxylation sites is 2. The first-order valence-electron chi connectivity index (χ1n) is 17.1.